The minimum Gasteiger partial charge on any atom is -0.759 e. The van der Waals surface area contributed by atoms with Gasteiger partial charge < -0.3 is 20.1 Å². The van der Waals surface area contributed by atoms with Gasteiger partial charge in [-0.1, -0.05) is 24.3 Å². The second-order valence-corrected chi connectivity index (χ2v) is 11.6. The fourth-order valence-electron chi connectivity index (χ4n) is 5.89. The molecule has 4 aromatic carbocycles. The fraction of sp³-hybridized carbons (Fsp3) is 0. The molecule has 258 valence electrons. The molecular weight excluding hydrogens is 728 g/mol. The summed E-state index contributed by atoms with van der Waals surface area (Å²) in [5.41, 5.74) is 10.6. The van der Waals surface area contributed by atoms with Crippen molar-refractivity contribution in [3.8, 4) is 0 Å². The van der Waals surface area contributed by atoms with Gasteiger partial charge in [-0.25, -0.2) is 19.9 Å². The minimum atomic E-state index is -5.17. The zero-order valence-corrected chi connectivity index (χ0v) is 28.4. The van der Waals surface area contributed by atoms with Gasteiger partial charge in [-0.15, -0.1) is 0 Å². The topological polar surface area (TPSA) is 246 Å². The summed E-state index contributed by atoms with van der Waals surface area (Å²) in [6.45, 7) is 0. The van der Waals surface area contributed by atoms with Gasteiger partial charge in [0.15, 0.2) is 0 Å². The maximum Gasteiger partial charge on any atom is 2.00 e. The summed E-state index contributed by atoms with van der Waals surface area (Å²) in [5, 5.41) is 3.95. The van der Waals surface area contributed by atoms with E-state index in [9.17, 15) is 0 Å². The van der Waals surface area contributed by atoms with E-state index in [1.807, 2.05) is 97.1 Å². The van der Waals surface area contributed by atoms with Gasteiger partial charge in [-0.05, 0) is 72.8 Å². The van der Waals surface area contributed by atoms with E-state index in [1.54, 1.807) is 24.8 Å². The van der Waals surface area contributed by atoms with Crippen molar-refractivity contribution in [2.45, 2.75) is 0 Å². The van der Waals surface area contributed by atoms with E-state index in [0.717, 1.165) is 87.7 Å². The number of fused-ring (bicyclic) bond motifs is 14. The van der Waals surface area contributed by atoms with Crippen LogP contribution in [0, 0.1) is 0 Å². The molecule has 0 aliphatic carbocycles. The number of benzene rings is 4. The number of aromatic nitrogens is 8. The molecular formula is C36H24FeN8O6S. The summed E-state index contributed by atoms with van der Waals surface area (Å²) in [5.74, 6) is 0. The van der Waals surface area contributed by atoms with Crippen molar-refractivity contribution in [3.63, 3.8) is 0 Å². The Bertz CT molecular complexity index is 2640. The van der Waals surface area contributed by atoms with Gasteiger partial charge in [0.2, 0.25) is 0 Å². The Morgan fingerprint density at radius 1 is 0.365 bits per heavy atom. The Labute approximate surface area is 304 Å². The zero-order chi connectivity index (χ0) is 33.5. The van der Waals surface area contributed by atoms with Crippen molar-refractivity contribution in [3.05, 3.63) is 122 Å². The largest absolute Gasteiger partial charge is 2.00 e. The van der Waals surface area contributed by atoms with Gasteiger partial charge in [0, 0.05) is 56.7 Å². The SMILES string of the molecule is O.O.O=S(=O)([O-])[O-].[Fe+2].c1ccc2nc3c4cccnc4c4ncccc4c3nc2c1.c1ccc2nc3c4cccnc4c4ncccc4c3nc2c1. The second-order valence-electron chi connectivity index (χ2n) is 10.8. The van der Waals surface area contributed by atoms with Crippen LogP contribution < -0.4 is 0 Å². The Hall–Kier alpha value is -5.97. The van der Waals surface area contributed by atoms with Gasteiger partial charge in [-0.3, -0.25) is 28.4 Å². The molecule has 0 amide bonds. The van der Waals surface area contributed by atoms with Crippen molar-refractivity contribution in [2.24, 2.45) is 0 Å². The van der Waals surface area contributed by atoms with Crippen molar-refractivity contribution in [1.29, 1.82) is 0 Å². The van der Waals surface area contributed by atoms with Gasteiger partial charge in [0.1, 0.15) is 0 Å². The quantitative estimate of drug-likeness (QED) is 0.0668. The molecule has 0 bridgehead atoms. The van der Waals surface area contributed by atoms with Gasteiger partial charge in [-0.2, -0.15) is 0 Å². The number of para-hydroxylation sites is 4. The number of hydrogen-bond acceptors (Lipinski definition) is 12. The summed E-state index contributed by atoms with van der Waals surface area (Å²) >= 11 is 0. The molecule has 10 aromatic rings. The van der Waals surface area contributed by atoms with Crippen LogP contribution in [-0.2, 0) is 27.5 Å². The molecule has 52 heavy (non-hydrogen) atoms. The molecule has 10 rings (SSSR count). The summed E-state index contributed by atoms with van der Waals surface area (Å²) in [7, 11) is -5.17. The van der Waals surface area contributed by atoms with Crippen molar-refractivity contribution < 1.29 is 45.5 Å². The normalized spacial score (nSPS) is 11.0. The van der Waals surface area contributed by atoms with Crippen LogP contribution in [-0.4, -0.2) is 68.3 Å². The van der Waals surface area contributed by atoms with Gasteiger partial charge >= 0.3 is 17.1 Å². The first-order valence-electron chi connectivity index (χ1n) is 14.9. The average molecular weight is 753 g/mol. The standard InChI is InChI=1S/2C18H10N4.Fe.H2O4S.2H2O/c2*1-2-8-14-13(7-1)21-17-11-5-3-9-19-15(11)16-12(18(17)22-14)6-4-10-20-16;;1-5(2,3)4;;/h2*1-10H;;(H2,1,2,3,4);2*1H2/q;;+2;;;/p-2. The molecule has 6 aromatic heterocycles. The second kappa shape index (κ2) is 15.1. The van der Waals surface area contributed by atoms with E-state index in [1.165, 1.54) is 0 Å². The van der Waals surface area contributed by atoms with E-state index < -0.39 is 10.4 Å². The third kappa shape index (κ3) is 6.99. The molecule has 0 radical (unpaired) electrons. The van der Waals surface area contributed by atoms with Gasteiger partial charge in [0.25, 0.3) is 0 Å². The Kier molecular flexibility index (Phi) is 10.8. The molecule has 0 spiro atoms. The predicted octanol–water partition coefficient (Wildman–Crippen LogP) is 4.77. The maximum absolute atomic E-state index is 8.52. The summed E-state index contributed by atoms with van der Waals surface area (Å²) in [4.78, 5) is 37.3. The monoisotopic (exact) mass is 752 g/mol. The molecule has 0 aliphatic rings. The van der Waals surface area contributed by atoms with Crippen LogP contribution in [0.15, 0.2) is 122 Å². The Morgan fingerprint density at radius 2 is 0.577 bits per heavy atom. The number of rotatable bonds is 0. The van der Waals surface area contributed by atoms with Crippen LogP contribution in [0.5, 0.6) is 0 Å². The van der Waals surface area contributed by atoms with Crippen molar-refractivity contribution in [1.82, 2.24) is 39.9 Å². The van der Waals surface area contributed by atoms with E-state index in [4.69, 9.17) is 37.5 Å². The predicted molar refractivity (Wildman–Crippen MR) is 193 cm³/mol. The molecule has 6 heterocycles. The molecule has 0 aliphatic heterocycles. The molecule has 0 fully saturated rings. The number of hydrogen-bond donors (Lipinski definition) is 0. The minimum absolute atomic E-state index is 0. The summed E-state index contributed by atoms with van der Waals surface area (Å²) in [6, 6.07) is 31.7. The van der Waals surface area contributed by atoms with Crippen LogP contribution in [0.2, 0.25) is 0 Å². The molecule has 16 heteroatoms. The average Bonchev–Trinajstić information content (AvgIpc) is 3.13. The molecule has 0 atom stereocenters. The van der Waals surface area contributed by atoms with Crippen LogP contribution in [0.25, 0.3) is 87.7 Å². The molecule has 14 nitrogen and oxygen atoms in total. The first-order chi connectivity index (χ1) is 23.8. The van der Waals surface area contributed by atoms with Gasteiger partial charge in [0.05, 0.1) is 66.2 Å². The van der Waals surface area contributed by atoms with Crippen molar-refractivity contribution >= 4 is 98.1 Å². The van der Waals surface area contributed by atoms with Crippen LogP contribution in [0.3, 0.4) is 0 Å². The Morgan fingerprint density at radius 3 is 0.788 bits per heavy atom. The number of pyridine rings is 4. The fourth-order valence-corrected chi connectivity index (χ4v) is 5.89. The molecule has 4 N–H and O–H groups in total. The van der Waals surface area contributed by atoms with Crippen molar-refractivity contribution in [2.75, 3.05) is 0 Å². The molecule has 0 saturated carbocycles. The molecule has 0 unspecified atom stereocenters. The first-order valence-corrected chi connectivity index (χ1v) is 16.2. The smallest absolute Gasteiger partial charge is 0.759 e. The van der Waals surface area contributed by atoms with E-state index in [2.05, 4.69) is 19.9 Å². The molecule has 0 saturated heterocycles. The first kappa shape index (κ1) is 37.3. The summed E-state index contributed by atoms with van der Waals surface area (Å²) in [6.07, 6.45) is 7.15. The third-order valence-electron chi connectivity index (χ3n) is 7.84. The third-order valence-corrected chi connectivity index (χ3v) is 7.84. The Balaban J connectivity index is 0.000000170. The van der Waals surface area contributed by atoms with E-state index in [-0.39, 0.29) is 28.0 Å². The van der Waals surface area contributed by atoms with Crippen LogP contribution in [0.4, 0.5) is 0 Å². The summed E-state index contributed by atoms with van der Waals surface area (Å²) < 4.78 is 34.1. The van der Waals surface area contributed by atoms with E-state index in [0.29, 0.717) is 0 Å². The van der Waals surface area contributed by atoms with Crippen LogP contribution >= 0.6 is 0 Å². The van der Waals surface area contributed by atoms with E-state index >= 15 is 0 Å². The maximum atomic E-state index is 8.52. The number of nitrogens with zero attached hydrogens (tertiary/aromatic N) is 8. The van der Waals surface area contributed by atoms with Crippen LogP contribution in [0.1, 0.15) is 0 Å². The zero-order valence-electron chi connectivity index (χ0n) is 26.5.